The van der Waals surface area contributed by atoms with E-state index in [1.807, 2.05) is 0 Å². The predicted octanol–water partition coefficient (Wildman–Crippen LogP) is 0.886. The molecule has 3 N–H and O–H groups in total. The van der Waals surface area contributed by atoms with Crippen LogP contribution in [0, 0.1) is 5.92 Å². The van der Waals surface area contributed by atoms with E-state index in [-0.39, 0.29) is 0 Å². The van der Waals surface area contributed by atoms with Crippen LogP contribution in [0.25, 0.3) is 0 Å². The van der Waals surface area contributed by atoms with E-state index in [0.29, 0.717) is 12.6 Å². The second kappa shape index (κ2) is 3.94. The Morgan fingerprint density at radius 1 is 1.50 bits per heavy atom. The summed E-state index contributed by atoms with van der Waals surface area (Å²) in [5.41, 5.74) is 5.85. The molecule has 0 aromatic carbocycles. The summed E-state index contributed by atoms with van der Waals surface area (Å²) in [6.45, 7) is 0.292. The molecule has 60 valence electrons. The molecule has 1 aliphatic rings. The van der Waals surface area contributed by atoms with Crippen LogP contribution < -0.4 is 5.73 Å². The molecule has 0 amide bonds. The predicted molar refractivity (Wildman–Crippen MR) is 41.6 cm³/mol. The molecule has 0 aliphatic heterocycles. The van der Waals surface area contributed by atoms with Gasteiger partial charge in [0.05, 0.1) is 0 Å². The summed E-state index contributed by atoms with van der Waals surface area (Å²) in [4.78, 5) is 0. The van der Waals surface area contributed by atoms with Gasteiger partial charge in [0.15, 0.2) is 0 Å². The van der Waals surface area contributed by atoms with Crippen molar-refractivity contribution >= 4 is 0 Å². The highest BCUT2D eigenvalue weighted by Gasteiger charge is 2.23. The minimum Gasteiger partial charge on any atom is -0.396 e. The molecule has 2 nitrogen and oxygen atoms in total. The monoisotopic (exact) mass is 143 g/mol. The van der Waals surface area contributed by atoms with Gasteiger partial charge in [0.25, 0.3) is 0 Å². The first kappa shape index (κ1) is 8.02. The van der Waals surface area contributed by atoms with Gasteiger partial charge < -0.3 is 10.8 Å². The zero-order chi connectivity index (χ0) is 7.40. The van der Waals surface area contributed by atoms with Crippen LogP contribution in [0.15, 0.2) is 0 Å². The summed E-state index contributed by atoms with van der Waals surface area (Å²) in [6, 6.07) is 0.362. The molecule has 0 radical (unpaired) electrons. The van der Waals surface area contributed by atoms with Crippen LogP contribution in [-0.2, 0) is 0 Å². The fraction of sp³-hybridized carbons (Fsp3) is 1.00. The van der Waals surface area contributed by atoms with Crippen LogP contribution in [0.3, 0.4) is 0 Å². The Balaban J connectivity index is 2.02. The Kier molecular flexibility index (Phi) is 3.16. The first-order chi connectivity index (χ1) is 4.84. The molecule has 0 aromatic heterocycles. The SMILES string of the molecule is NC(CCCO)C1CCC1. The van der Waals surface area contributed by atoms with Gasteiger partial charge in [0.1, 0.15) is 0 Å². The maximum Gasteiger partial charge on any atom is 0.0431 e. The summed E-state index contributed by atoms with van der Waals surface area (Å²) in [7, 11) is 0. The van der Waals surface area contributed by atoms with Gasteiger partial charge in [-0.05, 0) is 31.6 Å². The third-order valence-corrected chi connectivity index (χ3v) is 2.45. The zero-order valence-corrected chi connectivity index (χ0v) is 6.42. The molecule has 10 heavy (non-hydrogen) atoms. The topological polar surface area (TPSA) is 46.2 Å². The molecule has 0 spiro atoms. The van der Waals surface area contributed by atoms with Crippen molar-refractivity contribution in [2.75, 3.05) is 6.61 Å². The number of aliphatic hydroxyl groups is 1. The second-order valence-corrected chi connectivity index (χ2v) is 3.22. The molecule has 0 heterocycles. The van der Waals surface area contributed by atoms with E-state index in [0.717, 1.165) is 18.8 Å². The van der Waals surface area contributed by atoms with Crippen molar-refractivity contribution in [3.8, 4) is 0 Å². The standard InChI is InChI=1S/C8H17NO/c9-8(5-2-6-10)7-3-1-4-7/h7-8,10H,1-6,9H2. The quantitative estimate of drug-likeness (QED) is 0.614. The van der Waals surface area contributed by atoms with E-state index in [2.05, 4.69) is 0 Å². The molecular weight excluding hydrogens is 126 g/mol. The molecule has 0 bridgehead atoms. The van der Waals surface area contributed by atoms with Gasteiger partial charge in [-0.15, -0.1) is 0 Å². The second-order valence-electron chi connectivity index (χ2n) is 3.22. The number of rotatable bonds is 4. The van der Waals surface area contributed by atoms with Gasteiger partial charge in [-0.1, -0.05) is 6.42 Å². The van der Waals surface area contributed by atoms with Gasteiger partial charge in [-0.3, -0.25) is 0 Å². The summed E-state index contributed by atoms with van der Waals surface area (Å²) < 4.78 is 0. The molecule has 1 unspecified atom stereocenters. The summed E-state index contributed by atoms with van der Waals surface area (Å²) >= 11 is 0. The lowest BCUT2D eigenvalue weighted by atomic mass is 9.79. The Morgan fingerprint density at radius 2 is 2.20 bits per heavy atom. The number of hydrogen-bond donors (Lipinski definition) is 2. The molecule has 2 heteroatoms. The van der Waals surface area contributed by atoms with Gasteiger partial charge in [-0.25, -0.2) is 0 Å². The van der Waals surface area contributed by atoms with Crippen LogP contribution in [0.1, 0.15) is 32.1 Å². The van der Waals surface area contributed by atoms with Crippen molar-refractivity contribution in [1.82, 2.24) is 0 Å². The molecule has 0 aromatic rings. The van der Waals surface area contributed by atoms with Crippen molar-refractivity contribution in [3.63, 3.8) is 0 Å². The van der Waals surface area contributed by atoms with Crippen LogP contribution in [0.2, 0.25) is 0 Å². The molecule has 1 atom stereocenters. The Bertz CT molecular complexity index is 91.3. The molecule has 1 fully saturated rings. The number of hydrogen-bond acceptors (Lipinski definition) is 2. The fourth-order valence-electron chi connectivity index (χ4n) is 1.43. The average molecular weight is 143 g/mol. The van der Waals surface area contributed by atoms with Crippen LogP contribution in [-0.4, -0.2) is 17.8 Å². The van der Waals surface area contributed by atoms with E-state index in [1.54, 1.807) is 0 Å². The Hall–Kier alpha value is -0.0800. The molecule has 1 aliphatic carbocycles. The smallest absolute Gasteiger partial charge is 0.0431 e. The fourth-order valence-corrected chi connectivity index (χ4v) is 1.43. The lowest BCUT2D eigenvalue weighted by Crippen LogP contribution is -2.34. The third kappa shape index (κ3) is 1.96. The first-order valence-electron chi connectivity index (χ1n) is 4.21. The van der Waals surface area contributed by atoms with Crippen molar-refractivity contribution in [1.29, 1.82) is 0 Å². The highest BCUT2D eigenvalue weighted by molar-refractivity contribution is 4.79. The lowest BCUT2D eigenvalue weighted by Gasteiger charge is -2.31. The van der Waals surface area contributed by atoms with Gasteiger partial charge >= 0.3 is 0 Å². The highest BCUT2D eigenvalue weighted by Crippen LogP contribution is 2.30. The van der Waals surface area contributed by atoms with E-state index < -0.39 is 0 Å². The Labute approximate surface area is 62.4 Å². The summed E-state index contributed by atoms with van der Waals surface area (Å²) in [6.07, 6.45) is 5.86. The van der Waals surface area contributed by atoms with Crippen LogP contribution >= 0.6 is 0 Å². The molecular formula is C8H17NO. The van der Waals surface area contributed by atoms with E-state index >= 15 is 0 Å². The largest absolute Gasteiger partial charge is 0.396 e. The number of nitrogens with two attached hydrogens (primary N) is 1. The van der Waals surface area contributed by atoms with Gasteiger partial charge in [0, 0.05) is 12.6 Å². The highest BCUT2D eigenvalue weighted by atomic mass is 16.2. The minimum atomic E-state index is 0.292. The van der Waals surface area contributed by atoms with Gasteiger partial charge in [0.2, 0.25) is 0 Å². The maximum atomic E-state index is 8.53. The minimum absolute atomic E-state index is 0.292. The normalized spacial score (nSPS) is 22.2. The molecule has 1 saturated carbocycles. The lowest BCUT2D eigenvalue weighted by molar-refractivity contribution is 0.227. The molecule has 1 rings (SSSR count). The molecule has 0 saturated heterocycles. The van der Waals surface area contributed by atoms with Crippen LogP contribution in [0.4, 0.5) is 0 Å². The van der Waals surface area contributed by atoms with Crippen molar-refractivity contribution in [2.45, 2.75) is 38.1 Å². The maximum absolute atomic E-state index is 8.53. The summed E-state index contributed by atoms with van der Waals surface area (Å²) in [5.74, 6) is 0.770. The van der Waals surface area contributed by atoms with Gasteiger partial charge in [-0.2, -0.15) is 0 Å². The zero-order valence-electron chi connectivity index (χ0n) is 6.42. The average Bonchev–Trinajstić information content (AvgIpc) is 1.79. The van der Waals surface area contributed by atoms with Crippen molar-refractivity contribution in [2.24, 2.45) is 11.7 Å². The van der Waals surface area contributed by atoms with E-state index in [9.17, 15) is 0 Å². The summed E-state index contributed by atoms with van der Waals surface area (Å²) in [5, 5.41) is 8.53. The Morgan fingerprint density at radius 3 is 2.60 bits per heavy atom. The van der Waals surface area contributed by atoms with Crippen molar-refractivity contribution < 1.29 is 5.11 Å². The van der Waals surface area contributed by atoms with E-state index in [1.165, 1.54) is 19.3 Å². The van der Waals surface area contributed by atoms with Crippen molar-refractivity contribution in [3.05, 3.63) is 0 Å². The first-order valence-corrected chi connectivity index (χ1v) is 4.21. The van der Waals surface area contributed by atoms with Crippen LogP contribution in [0.5, 0.6) is 0 Å². The number of aliphatic hydroxyl groups excluding tert-OH is 1. The van der Waals surface area contributed by atoms with E-state index in [4.69, 9.17) is 10.8 Å². The third-order valence-electron chi connectivity index (χ3n) is 2.45.